The number of nitrogen functional groups attached to an aromatic ring is 1. The Kier molecular flexibility index (Phi) is 6.59. The monoisotopic (exact) mass is 456 g/mol. The third kappa shape index (κ3) is 5.07. The van der Waals surface area contributed by atoms with E-state index in [2.05, 4.69) is 5.32 Å². The highest BCUT2D eigenvalue weighted by atomic mass is 16.5. The predicted octanol–water partition coefficient (Wildman–Crippen LogP) is 3.45. The molecule has 1 aliphatic heterocycles. The van der Waals surface area contributed by atoms with Gasteiger partial charge in [-0.3, -0.25) is 10.2 Å². The van der Waals surface area contributed by atoms with E-state index in [-0.39, 0.29) is 17.4 Å². The van der Waals surface area contributed by atoms with Gasteiger partial charge >= 0.3 is 5.97 Å². The molecule has 1 unspecified atom stereocenters. The van der Waals surface area contributed by atoms with E-state index >= 15 is 0 Å². The van der Waals surface area contributed by atoms with Crippen molar-refractivity contribution in [3.8, 4) is 11.5 Å². The van der Waals surface area contributed by atoms with E-state index in [1.54, 1.807) is 29.3 Å². The zero-order chi connectivity index (χ0) is 24.1. The number of esters is 1. The Balaban J connectivity index is 1.66. The maximum Gasteiger partial charge on any atom is 0.356 e. The molecule has 0 fully saturated rings. The van der Waals surface area contributed by atoms with Gasteiger partial charge in [-0.25, -0.2) is 4.79 Å². The number of benzene rings is 3. The summed E-state index contributed by atoms with van der Waals surface area (Å²) in [5.41, 5.74) is 7.79. The number of hydrogen-bond donors (Lipinski definition) is 3. The molecule has 0 saturated heterocycles. The van der Waals surface area contributed by atoms with E-state index in [1.807, 2.05) is 60.7 Å². The van der Waals surface area contributed by atoms with Crippen molar-refractivity contribution in [2.45, 2.75) is 12.6 Å². The fraction of sp³-hybridized carbons (Fsp3) is 0.115. The van der Waals surface area contributed by atoms with Crippen molar-refractivity contribution in [3.63, 3.8) is 0 Å². The molecule has 1 aliphatic rings. The van der Waals surface area contributed by atoms with Gasteiger partial charge in [-0.1, -0.05) is 54.6 Å². The first kappa shape index (κ1) is 22.6. The second-order valence-electron chi connectivity index (χ2n) is 7.70. The molecule has 4 rings (SSSR count). The van der Waals surface area contributed by atoms with Crippen LogP contribution in [0.15, 0.2) is 90.8 Å². The predicted molar refractivity (Wildman–Crippen MR) is 127 cm³/mol. The number of rotatable bonds is 7. The summed E-state index contributed by atoms with van der Waals surface area (Å²) in [5.74, 6) is 0.253. The Labute approximate surface area is 197 Å². The van der Waals surface area contributed by atoms with Crippen LogP contribution >= 0.6 is 0 Å². The van der Waals surface area contributed by atoms with Gasteiger partial charge in [-0.05, 0) is 35.4 Å². The van der Waals surface area contributed by atoms with Gasteiger partial charge in [0.15, 0.2) is 0 Å². The summed E-state index contributed by atoms with van der Waals surface area (Å²) < 4.78 is 10.7. The molecule has 1 amide bonds. The number of nitrogens with zero attached hydrogens (tertiary/aromatic N) is 1. The lowest BCUT2D eigenvalue weighted by molar-refractivity contribution is -0.139. The Morgan fingerprint density at radius 1 is 1.03 bits per heavy atom. The summed E-state index contributed by atoms with van der Waals surface area (Å²) in [6, 6.07) is 23.1. The van der Waals surface area contributed by atoms with Crippen LogP contribution in [0.3, 0.4) is 0 Å². The second kappa shape index (κ2) is 9.91. The largest absolute Gasteiger partial charge is 0.464 e. The number of para-hydroxylation sites is 1. The van der Waals surface area contributed by atoms with Crippen molar-refractivity contribution in [1.82, 2.24) is 10.2 Å². The summed E-state index contributed by atoms with van der Waals surface area (Å²) in [6.07, 6.45) is 1.58. The van der Waals surface area contributed by atoms with E-state index in [0.717, 1.165) is 5.56 Å². The molecule has 8 nitrogen and oxygen atoms in total. The molecular weight excluding hydrogens is 432 g/mol. The third-order valence-corrected chi connectivity index (χ3v) is 5.32. The Morgan fingerprint density at radius 2 is 1.74 bits per heavy atom. The molecule has 1 heterocycles. The average Bonchev–Trinajstić information content (AvgIpc) is 2.84. The molecule has 4 N–H and O–H groups in total. The van der Waals surface area contributed by atoms with E-state index in [4.69, 9.17) is 20.6 Å². The summed E-state index contributed by atoms with van der Waals surface area (Å²) >= 11 is 0. The number of amides is 1. The third-order valence-electron chi connectivity index (χ3n) is 5.32. The zero-order valence-electron chi connectivity index (χ0n) is 18.5. The highest BCUT2D eigenvalue weighted by Crippen LogP contribution is 2.31. The van der Waals surface area contributed by atoms with Crippen LogP contribution in [0.25, 0.3) is 0 Å². The highest BCUT2D eigenvalue weighted by molar-refractivity contribution is 5.97. The summed E-state index contributed by atoms with van der Waals surface area (Å²) in [4.78, 5) is 27.1. The van der Waals surface area contributed by atoms with Crippen LogP contribution in [-0.2, 0) is 20.9 Å². The lowest BCUT2D eigenvalue weighted by Crippen LogP contribution is -2.44. The first-order chi connectivity index (χ1) is 16.4. The van der Waals surface area contributed by atoms with Crippen molar-refractivity contribution in [2.75, 3.05) is 7.11 Å². The number of carbonyl (C=O) groups is 2. The molecule has 3 aromatic rings. The topological polar surface area (TPSA) is 118 Å². The van der Waals surface area contributed by atoms with Crippen LogP contribution in [0.1, 0.15) is 22.7 Å². The second-order valence-corrected chi connectivity index (χ2v) is 7.70. The fourth-order valence-corrected chi connectivity index (χ4v) is 3.69. The maximum absolute atomic E-state index is 13.2. The normalized spacial score (nSPS) is 15.2. The highest BCUT2D eigenvalue weighted by Gasteiger charge is 2.33. The minimum absolute atomic E-state index is 0.0233. The van der Waals surface area contributed by atoms with Gasteiger partial charge < -0.3 is 25.4 Å². The van der Waals surface area contributed by atoms with Crippen LogP contribution in [0.4, 0.5) is 0 Å². The van der Waals surface area contributed by atoms with Crippen molar-refractivity contribution >= 4 is 17.7 Å². The molecular formula is C26H24N4O4. The number of hydrogen-bond acceptors (Lipinski definition) is 6. The molecule has 0 saturated carbocycles. The lowest BCUT2D eigenvalue weighted by atomic mass is 10.0. The van der Waals surface area contributed by atoms with Gasteiger partial charge in [0.05, 0.1) is 7.11 Å². The molecule has 0 spiro atoms. The minimum Gasteiger partial charge on any atom is -0.464 e. The van der Waals surface area contributed by atoms with Crippen molar-refractivity contribution in [3.05, 3.63) is 107 Å². The molecule has 0 bridgehead atoms. The van der Waals surface area contributed by atoms with Crippen LogP contribution in [0, 0.1) is 5.41 Å². The van der Waals surface area contributed by atoms with Gasteiger partial charge in [0.2, 0.25) is 0 Å². The first-order valence-electron chi connectivity index (χ1n) is 10.6. The van der Waals surface area contributed by atoms with E-state index in [0.29, 0.717) is 29.2 Å². The van der Waals surface area contributed by atoms with Gasteiger partial charge in [-0.2, -0.15) is 0 Å². The number of ether oxygens (including phenoxy) is 2. The number of nitrogens with one attached hydrogen (secondary N) is 2. The Bertz CT molecular complexity index is 1240. The number of methoxy groups -OCH3 is 1. The molecule has 0 aliphatic carbocycles. The van der Waals surface area contributed by atoms with Gasteiger partial charge in [0.1, 0.15) is 29.1 Å². The van der Waals surface area contributed by atoms with E-state index in [9.17, 15) is 9.59 Å². The number of amidine groups is 1. The van der Waals surface area contributed by atoms with Crippen molar-refractivity contribution in [2.24, 2.45) is 5.73 Å². The van der Waals surface area contributed by atoms with Crippen LogP contribution in [0.5, 0.6) is 11.5 Å². The molecule has 0 radical (unpaired) electrons. The molecule has 8 heteroatoms. The first-order valence-corrected chi connectivity index (χ1v) is 10.6. The summed E-state index contributed by atoms with van der Waals surface area (Å²) in [6.45, 7) is 0.334. The van der Waals surface area contributed by atoms with Crippen LogP contribution in [0.2, 0.25) is 0 Å². The number of carbonyl (C=O) groups excluding carboxylic acids is 2. The Hall–Kier alpha value is -4.59. The van der Waals surface area contributed by atoms with Crippen LogP contribution < -0.4 is 15.8 Å². The minimum atomic E-state index is -0.708. The van der Waals surface area contributed by atoms with Gasteiger partial charge in [-0.15, -0.1) is 0 Å². The van der Waals surface area contributed by atoms with Crippen molar-refractivity contribution in [1.29, 1.82) is 5.41 Å². The lowest BCUT2D eigenvalue weighted by Gasteiger charge is -2.34. The SMILES string of the molecule is COC(=O)C1=CN(Cc2ccc(C(=N)N)cc2)C(c2cccc(Oc3ccccc3)c2)C(=O)N1. The Morgan fingerprint density at radius 3 is 2.41 bits per heavy atom. The summed E-state index contributed by atoms with van der Waals surface area (Å²) in [7, 11) is 1.26. The molecule has 0 aromatic heterocycles. The van der Waals surface area contributed by atoms with Crippen molar-refractivity contribution < 1.29 is 19.1 Å². The average molecular weight is 457 g/mol. The smallest absolute Gasteiger partial charge is 0.356 e. The molecule has 3 aromatic carbocycles. The summed E-state index contributed by atoms with van der Waals surface area (Å²) in [5, 5.41) is 10.2. The standard InChI is InChI=1S/C26H24N4O4/c1-33-26(32)22-16-30(15-17-10-12-18(13-11-17)24(27)28)23(25(31)29-22)19-6-5-9-21(14-19)34-20-7-3-2-4-8-20/h2-14,16,23H,15H2,1H3,(H3,27,28)(H,29,31). The van der Waals surface area contributed by atoms with E-state index < -0.39 is 12.0 Å². The zero-order valence-corrected chi connectivity index (χ0v) is 18.5. The van der Waals surface area contributed by atoms with Gasteiger partial charge in [0, 0.05) is 18.3 Å². The quantitative estimate of drug-likeness (QED) is 0.285. The van der Waals surface area contributed by atoms with E-state index in [1.165, 1.54) is 7.11 Å². The number of nitrogens with two attached hydrogens (primary N) is 1. The fourth-order valence-electron chi connectivity index (χ4n) is 3.69. The van der Waals surface area contributed by atoms with Gasteiger partial charge in [0.25, 0.3) is 5.91 Å². The van der Waals surface area contributed by atoms with Crippen LogP contribution in [-0.4, -0.2) is 29.7 Å². The molecule has 34 heavy (non-hydrogen) atoms. The maximum atomic E-state index is 13.2. The molecule has 1 atom stereocenters. The molecule has 172 valence electrons.